The second-order valence-corrected chi connectivity index (χ2v) is 6.88. The molecule has 29 heavy (non-hydrogen) atoms. The highest BCUT2D eigenvalue weighted by Gasteiger charge is 2.32. The van der Waals surface area contributed by atoms with Crippen molar-refractivity contribution in [2.75, 3.05) is 18.5 Å². The van der Waals surface area contributed by atoms with Crippen molar-refractivity contribution in [3.8, 4) is 5.88 Å². The molecule has 1 aliphatic rings. The number of nitrogens with two attached hydrogens (primary N) is 1. The molecule has 1 amide bonds. The number of nitrogens with one attached hydrogen (secondary N) is 1. The van der Waals surface area contributed by atoms with Crippen LogP contribution in [0.15, 0.2) is 41.5 Å². The Labute approximate surface area is 168 Å². The number of hydrogen-bond donors (Lipinski definition) is 2. The molecule has 0 radical (unpaired) electrons. The lowest BCUT2D eigenvalue weighted by Gasteiger charge is -2.30. The lowest BCUT2D eigenvalue weighted by molar-refractivity contribution is -0.137. The van der Waals surface area contributed by atoms with Crippen molar-refractivity contribution in [3.05, 3.63) is 52.7 Å². The molecule has 0 saturated heterocycles. The fourth-order valence-corrected chi connectivity index (χ4v) is 2.91. The van der Waals surface area contributed by atoms with Crippen molar-refractivity contribution in [2.24, 2.45) is 10.7 Å². The Morgan fingerprint density at radius 3 is 2.79 bits per heavy atom. The number of carbonyl (C=O) groups is 1. The van der Waals surface area contributed by atoms with Crippen LogP contribution in [-0.4, -0.2) is 30.1 Å². The number of hydrogen-bond acceptors (Lipinski definition) is 6. The standard InChI is InChI=1S/C18H16ClF3N4O3/c1-17(9-28-8-14(23)26-17)10-3-2-4-12(5-10)25-16(27)29-15-13(19)6-11(7-24-15)18(20,21)22/h2-7H,8-9H2,1H3,(H2,23,26)(H,25,27). The maximum atomic E-state index is 12.7. The average Bonchev–Trinajstić information content (AvgIpc) is 2.62. The molecule has 1 aromatic heterocycles. The van der Waals surface area contributed by atoms with Gasteiger partial charge in [-0.2, -0.15) is 13.2 Å². The molecule has 1 unspecified atom stereocenters. The molecule has 1 aliphatic heterocycles. The van der Waals surface area contributed by atoms with E-state index < -0.39 is 34.3 Å². The van der Waals surface area contributed by atoms with Crippen LogP contribution in [0.1, 0.15) is 18.1 Å². The number of pyridine rings is 1. The van der Waals surface area contributed by atoms with Gasteiger partial charge in [-0.3, -0.25) is 10.3 Å². The molecule has 3 rings (SSSR count). The van der Waals surface area contributed by atoms with Crippen LogP contribution in [0.5, 0.6) is 5.88 Å². The van der Waals surface area contributed by atoms with Crippen LogP contribution in [-0.2, 0) is 16.5 Å². The first-order valence-electron chi connectivity index (χ1n) is 8.31. The van der Waals surface area contributed by atoms with E-state index >= 15 is 0 Å². The minimum atomic E-state index is -4.61. The van der Waals surface area contributed by atoms with Crippen molar-refractivity contribution in [1.29, 1.82) is 0 Å². The Morgan fingerprint density at radius 1 is 1.38 bits per heavy atom. The van der Waals surface area contributed by atoms with Gasteiger partial charge in [-0.25, -0.2) is 9.78 Å². The summed E-state index contributed by atoms with van der Waals surface area (Å²) in [6.07, 6.45) is -5.05. The molecule has 1 aromatic carbocycles. The quantitative estimate of drug-likeness (QED) is 0.770. The third-order valence-corrected chi connectivity index (χ3v) is 4.35. The zero-order valence-electron chi connectivity index (χ0n) is 15.1. The molecule has 0 aliphatic carbocycles. The molecule has 1 atom stereocenters. The molecule has 2 aromatic rings. The van der Waals surface area contributed by atoms with Gasteiger partial charge < -0.3 is 15.2 Å². The highest BCUT2D eigenvalue weighted by atomic mass is 35.5. The third-order valence-electron chi connectivity index (χ3n) is 4.08. The molecule has 7 nitrogen and oxygen atoms in total. The number of benzene rings is 1. The van der Waals surface area contributed by atoms with E-state index in [1.807, 2.05) is 6.92 Å². The highest BCUT2D eigenvalue weighted by Crippen LogP contribution is 2.33. The van der Waals surface area contributed by atoms with E-state index in [0.717, 1.165) is 5.56 Å². The van der Waals surface area contributed by atoms with Gasteiger partial charge in [0.1, 0.15) is 23.0 Å². The van der Waals surface area contributed by atoms with Gasteiger partial charge in [0.25, 0.3) is 0 Å². The Balaban J connectivity index is 1.73. The molecule has 0 bridgehead atoms. The Morgan fingerprint density at radius 2 is 2.14 bits per heavy atom. The van der Waals surface area contributed by atoms with Gasteiger partial charge in [0.05, 0.1) is 12.2 Å². The van der Waals surface area contributed by atoms with Gasteiger partial charge in [0.2, 0.25) is 5.88 Å². The van der Waals surface area contributed by atoms with Crippen LogP contribution in [0, 0.1) is 0 Å². The minimum absolute atomic E-state index is 0.251. The summed E-state index contributed by atoms with van der Waals surface area (Å²) in [6, 6.07) is 7.39. The lowest BCUT2D eigenvalue weighted by atomic mass is 9.92. The third kappa shape index (κ3) is 4.96. The van der Waals surface area contributed by atoms with E-state index in [1.54, 1.807) is 24.3 Å². The van der Waals surface area contributed by atoms with Gasteiger partial charge >= 0.3 is 12.3 Å². The van der Waals surface area contributed by atoms with Gasteiger partial charge in [-0.15, -0.1) is 0 Å². The first kappa shape index (κ1) is 20.9. The number of aromatic nitrogens is 1. The van der Waals surface area contributed by atoms with Gasteiger partial charge in [0, 0.05) is 11.9 Å². The zero-order chi connectivity index (χ0) is 21.2. The number of halogens is 4. The van der Waals surface area contributed by atoms with Crippen LogP contribution < -0.4 is 15.8 Å². The number of aliphatic imine (C=N–C) groups is 1. The first-order valence-corrected chi connectivity index (χ1v) is 8.69. The van der Waals surface area contributed by atoms with Gasteiger partial charge in [0.15, 0.2) is 0 Å². The summed E-state index contributed by atoms with van der Waals surface area (Å²) in [5, 5.41) is 2.02. The molecule has 154 valence electrons. The molecule has 0 saturated carbocycles. The number of amides is 1. The topological polar surface area (TPSA) is 98.8 Å². The summed E-state index contributed by atoms with van der Waals surface area (Å²) in [6.45, 7) is 2.40. The predicted molar refractivity (Wildman–Crippen MR) is 100 cm³/mol. The van der Waals surface area contributed by atoms with E-state index in [2.05, 4.69) is 15.3 Å². The number of nitrogens with zero attached hydrogens (tertiary/aromatic N) is 2. The summed E-state index contributed by atoms with van der Waals surface area (Å²) < 4.78 is 48.3. The largest absolute Gasteiger partial charge is 0.418 e. The Bertz CT molecular complexity index is 968. The van der Waals surface area contributed by atoms with Crippen molar-refractivity contribution in [1.82, 2.24) is 4.98 Å². The maximum absolute atomic E-state index is 12.7. The number of rotatable bonds is 3. The second kappa shape index (κ2) is 7.88. The molecular formula is C18H16ClF3N4O3. The first-order chi connectivity index (χ1) is 13.6. The predicted octanol–water partition coefficient (Wildman–Crippen LogP) is 3.97. The summed E-state index contributed by atoms with van der Waals surface area (Å²) in [4.78, 5) is 20.0. The molecule has 11 heteroatoms. The average molecular weight is 429 g/mol. The number of amidine groups is 1. The van der Waals surface area contributed by atoms with Crippen molar-refractivity contribution in [2.45, 2.75) is 18.6 Å². The summed E-state index contributed by atoms with van der Waals surface area (Å²) in [7, 11) is 0. The van der Waals surface area contributed by atoms with Crippen molar-refractivity contribution >= 4 is 29.2 Å². The van der Waals surface area contributed by atoms with E-state index in [0.29, 0.717) is 30.4 Å². The smallest absolute Gasteiger partial charge is 0.389 e. The normalized spacial score (nSPS) is 19.4. The van der Waals surface area contributed by atoms with E-state index in [4.69, 9.17) is 26.8 Å². The molecule has 0 spiro atoms. The summed E-state index contributed by atoms with van der Waals surface area (Å²) >= 11 is 5.73. The lowest BCUT2D eigenvalue weighted by Crippen LogP contribution is -2.37. The SMILES string of the molecule is CC1(c2cccc(NC(=O)Oc3ncc(C(F)(F)F)cc3Cl)c2)COCC(N)=N1. The minimum Gasteiger partial charge on any atom is -0.389 e. The van der Waals surface area contributed by atoms with E-state index in [-0.39, 0.29) is 6.61 Å². The number of alkyl halides is 3. The van der Waals surface area contributed by atoms with Crippen molar-refractivity contribution < 1.29 is 27.4 Å². The number of ether oxygens (including phenoxy) is 2. The van der Waals surface area contributed by atoms with Crippen LogP contribution in [0.25, 0.3) is 0 Å². The Hall–Kier alpha value is -2.85. The van der Waals surface area contributed by atoms with E-state index in [1.165, 1.54) is 0 Å². The second-order valence-electron chi connectivity index (χ2n) is 6.47. The highest BCUT2D eigenvalue weighted by molar-refractivity contribution is 6.32. The number of carbonyl (C=O) groups excluding carboxylic acids is 1. The zero-order valence-corrected chi connectivity index (χ0v) is 15.8. The Kier molecular flexibility index (Phi) is 5.67. The van der Waals surface area contributed by atoms with Gasteiger partial charge in [-0.1, -0.05) is 23.7 Å². The molecule has 3 N–H and O–H groups in total. The number of anilines is 1. The summed E-state index contributed by atoms with van der Waals surface area (Å²) in [5.41, 5.74) is 5.09. The maximum Gasteiger partial charge on any atom is 0.418 e. The van der Waals surface area contributed by atoms with Crippen LogP contribution >= 0.6 is 11.6 Å². The van der Waals surface area contributed by atoms with Crippen LogP contribution in [0.3, 0.4) is 0 Å². The van der Waals surface area contributed by atoms with Gasteiger partial charge in [-0.05, 0) is 30.7 Å². The fourth-order valence-electron chi connectivity index (χ4n) is 2.70. The fraction of sp³-hybridized carbons (Fsp3) is 0.278. The molecule has 2 heterocycles. The molecular weight excluding hydrogens is 413 g/mol. The monoisotopic (exact) mass is 428 g/mol. The van der Waals surface area contributed by atoms with E-state index in [9.17, 15) is 18.0 Å². The van der Waals surface area contributed by atoms with Crippen molar-refractivity contribution in [3.63, 3.8) is 0 Å². The molecule has 0 fully saturated rings. The van der Waals surface area contributed by atoms with Crippen LogP contribution in [0.4, 0.5) is 23.7 Å². The van der Waals surface area contributed by atoms with Crippen LogP contribution in [0.2, 0.25) is 5.02 Å². The summed E-state index contributed by atoms with van der Waals surface area (Å²) in [5.74, 6) is -0.0853.